The van der Waals surface area contributed by atoms with Crippen LogP contribution in [0.15, 0.2) is 30.3 Å². The standard InChI is InChI=1S/C20H21N5O4S/c1-11-17(18(28)29)30-20(21-11)24-19-22-15(12-2-4-13(26)5-3-12)10-16(23-19)25-8-6-14(27)7-9-25/h2-5,10,14,26-27H,6-9H2,1H3,(H,28,29)(H,21,22,23,24). The van der Waals surface area contributed by atoms with Crippen LogP contribution in [-0.4, -0.2) is 55.4 Å². The topological polar surface area (TPSA) is 132 Å². The molecule has 3 heterocycles. The van der Waals surface area contributed by atoms with Crippen molar-refractivity contribution in [3.63, 3.8) is 0 Å². The highest BCUT2D eigenvalue weighted by molar-refractivity contribution is 7.17. The molecular weight excluding hydrogens is 406 g/mol. The number of carboxylic acid groups (broad SMARTS) is 1. The zero-order chi connectivity index (χ0) is 21.3. The molecule has 4 rings (SSSR count). The van der Waals surface area contributed by atoms with Crippen LogP contribution in [0.3, 0.4) is 0 Å². The van der Waals surface area contributed by atoms with E-state index in [0.717, 1.165) is 16.9 Å². The summed E-state index contributed by atoms with van der Waals surface area (Å²) in [4.78, 5) is 27.0. The third-order valence-corrected chi connectivity index (χ3v) is 5.93. The molecule has 0 aliphatic carbocycles. The van der Waals surface area contributed by atoms with E-state index in [-0.39, 0.29) is 16.7 Å². The van der Waals surface area contributed by atoms with E-state index < -0.39 is 5.97 Å². The van der Waals surface area contributed by atoms with Crippen molar-refractivity contribution in [1.29, 1.82) is 0 Å². The lowest BCUT2D eigenvalue weighted by Gasteiger charge is -2.30. The quantitative estimate of drug-likeness (QED) is 0.485. The van der Waals surface area contributed by atoms with Crippen LogP contribution < -0.4 is 10.2 Å². The number of nitrogens with zero attached hydrogens (tertiary/aromatic N) is 4. The van der Waals surface area contributed by atoms with Crippen molar-refractivity contribution < 1.29 is 20.1 Å². The maximum absolute atomic E-state index is 11.3. The lowest BCUT2D eigenvalue weighted by Crippen LogP contribution is -2.36. The van der Waals surface area contributed by atoms with Gasteiger partial charge in [-0.15, -0.1) is 0 Å². The maximum Gasteiger partial charge on any atom is 0.347 e. The third-order valence-electron chi connectivity index (χ3n) is 4.87. The third kappa shape index (κ3) is 4.34. The Morgan fingerprint density at radius 1 is 1.17 bits per heavy atom. The lowest BCUT2D eigenvalue weighted by molar-refractivity contribution is 0.0701. The van der Waals surface area contributed by atoms with Crippen molar-refractivity contribution in [2.75, 3.05) is 23.3 Å². The van der Waals surface area contributed by atoms with E-state index >= 15 is 0 Å². The average molecular weight is 427 g/mol. The summed E-state index contributed by atoms with van der Waals surface area (Å²) in [5.74, 6) is 0.141. The summed E-state index contributed by atoms with van der Waals surface area (Å²) in [6, 6.07) is 8.57. The lowest BCUT2D eigenvalue weighted by atomic mass is 10.1. The molecule has 0 bridgehead atoms. The molecule has 3 aromatic rings. The summed E-state index contributed by atoms with van der Waals surface area (Å²) in [5, 5.41) is 32.1. The number of benzene rings is 1. The Balaban J connectivity index is 1.70. The van der Waals surface area contributed by atoms with E-state index in [1.807, 2.05) is 6.07 Å². The summed E-state index contributed by atoms with van der Waals surface area (Å²) in [7, 11) is 0. The van der Waals surface area contributed by atoms with E-state index in [2.05, 4.69) is 25.2 Å². The Bertz CT molecular complexity index is 1060. The molecule has 9 nitrogen and oxygen atoms in total. The summed E-state index contributed by atoms with van der Waals surface area (Å²) in [6.45, 7) is 2.99. The molecule has 10 heteroatoms. The minimum Gasteiger partial charge on any atom is -0.508 e. The molecule has 1 saturated heterocycles. The van der Waals surface area contributed by atoms with Gasteiger partial charge in [-0.2, -0.15) is 4.98 Å². The fourth-order valence-electron chi connectivity index (χ4n) is 3.27. The fourth-order valence-corrected chi connectivity index (χ4v) is 4.07. The number of carboxylic acids is 1. The highest BCUT2D eigenvalue weighted by Crippen LogP contribution is 2.29. The number of phenolic OH excluding ortho intramolecular Hbond substituents is 1. The Kier molecular flexibility index (Phi) is 5.51. The molecule has 0 saturated carbocycles. The second kappa shape index (κ2) is 8.25. The number of piperidine rings is 1. The summed E-state index contributed by atoms with van der Waals surface area (Å²) < 4.78 is 0. The number of rotatable bonds is 5. The number of aryl methyl sites for hydroxylation is 1. The van der Waals surface area contributed by atoms with Crippen LogP contribution in [0.2, 0.25) is 0 Å². The van der Waals surface area contributed by atoms with Gasteiger partial charge in [0, 0.05) is 24.7 Å². The fraction of sp³-hybridized carbons (Fsp3) is 0.300. The summed E-state index contributed by atoms with van der Waals surface area (Å²) in [5.41, 5.74) is 1.88. The number of anilines is 3. The first kappa shape index (κ1) is 20.0. The first-order valence-electron chi connectivity index (χ1n) is 9.48. The Labute approximate surface area is 176 Å². The number of thiazole rings is 1. The van der Waals surface area contributed by atoms with Gasteiger partial charge in [0.05, 0.1) is 17.5 Å². The first-order chi connectivity index (χ1) is 14.4. The van der Waals surface area contributed by atoms with E-state index in [9.17, 15) is 20.1 Å². The van der Waals surface area contributed by atoms with Crippen LogP contribution >= 0.6 is 11.3 Å². The number of hydrogen-bond acceptors (Lipinski definition) is 9. The number of nitrogens with one attached hydrogen (secondary N) is 1. The van der Waals surface area contributed by atoms with Gasteiger partial charge in [0.25, 0.3) is 0 Å². The van der Waals surface area contributed by atoms with Crippen molar-refractivity contribution in [3.8, 4) is 17.0 Å². The van der Waals surface area contributed by atoms with Crippen LogP contribution in [0.4, 0.5) is 16.9 Å². The van der Waals surface area contributed by atoms with Gasteiger partial charge in [-0.1, -0.05) is 11.3 Å². The normalized spacial score (nSPS) is 14.7. The predicted octanol–water partition coefficient (Wildman–Crippen LogP) is 3.02. The highest BCUT2D eigenvalue weighted by Gasteiger charge is 2.21. The molecular formula is C20H21N5O4S. The SMILES string of the molecule is Cc1nc(Nc2nc(-c3ccc(O)cc3)cc(N3CCC(O)CC3)n2)sc1C(=O)O. The van der Waals surface area contributed by atoms with Gasteiger partial charge in [-0.25, -0.2) is 14.8 Å². The van der Waals surface area contributed by atoms with Crippen LogP contribution in [0.25, 0.3) is 11.3 Å². The van der Waals surface area contributed by atoms with Gasteiger partial charge in [0.15, 0.2) is 5.13 Å². The van der Waals surface area contributed by atoms with E-state index in [1.54, 1.807) is 31.2 Å². The minimum absolute atomic E-state index is 0.163. The van der Waals surface area contributed by atoms with Crippen molar-refractivity contribution in [3.05, 3.63) is 40.9 Å². The van der Waals surface area contributed by atoms with E-state index in [1.165, 1.54) is 0 Å². The highest BCUT2D eigenvalue weighted by atomic mass is 32.1. The zero-order valence-electron chi connectivity index (χ0n) is 16.2. The van der Waals surface area contributed by atoms with Gasteiger partial charge in [0.1, 0.15) is 16.4 Å². The molecule has 0 amide bonds. The first-order valence-corrected chi connectivity index (χ1v) is 10.3. The van der Waals surface area contributed by atoms with Crippen molar-refractivity contribution in [1.82, 2.24) is 15.0 Å². The number of aromatic carboxylic acids is 1. The van der Waals surface area contributed by atoms with Crippen LogP contribution in [0.5, 0.6) is 5.75 Å². The monoisotopic (exact) mass is 427 g/mol. The molecule has 1 aliphatic heterocycles. The molecule has 0 spiro atoms. The van der Waals surface area contributed by atoms with Crippen molar-refractivity contribution >= 4 is 34.2 Å². The zero-order valence-corrected chi connectivity index (χ0v) is 17.1. The summed E-state index contributed by atoms with van der Waals surface area (Å²) in [6.07, 6.45) is 1.02. The van der Waals surface area contributed by atoms with Crippen molar-refractivity contribution in [2.24, 2.45) is 0 Å². The maximum atomic E-state index is 11.3. The van der Waals surface area contributed by atoms with Crippen LogP contribution in [0, 0.1) is 6.92 Å². The average Bonchev–Trinajstić information content (AvgIpc) is 3.09. The van der Waals surface area contributed by atoms with Gasteiger partial charge in [-0.05, 0) is 44.0 Å². The number of aromatic hydroxyl groups is 1. The van der Waals surface area contributed by atoms with Crippen LogP contribution in [-0.2, 0) is 0 Å². The number of hydrogen-bond donors (Lipinski definition) is 4. The number of carbonyl (C=O) groups is 1. The molecule has 0 atom stereocenters. The van der Waals surface area contributed by atoms with Gasteiger partial charge in [0.2, 0.25) is 5.95 Å². The second-order valence-corrected chi connectivity index (χ2v) is 8.06. The Morgan fingerprint density at radius 2 is 1.87 bits per heavy atom. The molecule has 2 aromatic heterocycles. The molecule has 1 aliphatic rings. The molecule has 1 aromatic carbocycles. The van der Waals surface area contributed by atoms with Gasteiger partial charge >= 0.3 is 5.97 Å². The smallest absolute Gasteiger partial charge is 0.347 e. The molecule has 0 radical (unpaired) electrons. The van der Waals surface area contributed by atoms with E-state index in [0.29, 0.717) is 54.2 Å². The minimum atomic E-state index is -1.02. The molecule has 1 fully saturated rings. The molecule has 0 unspecified atom stereocenters. The number of aromatic nitrogens is 3. The largest absolute Gasteiger partial charge is 0.508 e. The number of aliphatic hydroxyl groups excluding tert-OH is 1. The summed E-state index contributed by atoms with van der Waals surface area (Å²) >= 11 is 1.03. The Hall–Kier alpha value is -3.24. The molecule has 4 N–H and O–H groups in total. The predicted molar refractivity (Wildman–Crippen MR) is 114 cm³/mol. The van der Waals surface area contributed by atoms with Gasteiger partial charge in [-0.3, -0.25) is 5.32 Å². The molecule has 30 heavy (non-hydrogen) atoms. The van der Waals surface area contributed by atoms with Gasteiger partial charge < -0.3 is 20.2 Å². The Morgan fingerprint density at radius 3 is 2.50 bits per heavy atom. The number of aliphatic hydroxyl groups is 1. The van der Waals surface area contributed by atoms with E-state index in [4.69, 9.17) is 0 Å². The van der Waals surface area contributed by atoms with Crippen LogP contribution in [0.1, 0.15) is 28.2 Å². The molecule has 156 valence electrons. The van der Waals surface area contributed by atoms with Crippen molar-refractivity contribution in [2.45, 2.75) is 25.9 Å². The second-order valence-electron chi connectivity index (χ2n) is 7.06. The number of phenols is 1.